The molecule has 1 saturated heterocycles. The highest BCUT2D eigenvalue weighted by molar-refractivity contribution is 5.75. The second-order valence-electron chi connectivity index (χ2n) is 6.53. The lowest BCUT2D eigenvalue weighted by Gasteiger charge is -2.38. The average Bonchev–Trinajstić information content (AvgIpc) is 3.26. The van der Waals surface area contributed by atoms with E-state index in [0.29, 0.717) is 31.6 Å². The standard InChI is InChI=1S/C15H27N3O3/c1-12(2)11-18(13-3-4-13)15(21)17-9-7-16(8-10-17)6-5-14(19)20/h12-13H,3-11H2,1-2H3,(H,19,20). The summed E-state index contributed by atoms with van der Waals surface area (Å²) in [4.78, 5) is 29.3. The van der Waals surface area contributed by atoms with Gasteiger partial charge in [0.1, 0.15) is 0 Å². The summed E-state index contributed by atoms with van der Waals surface area (Å²) in [5.74, 6) is -0.267. The number of hydrogen-bond donors (Lipinski definition) is 1. The molecular weight excluding hydrogens is 270 g/mol. The second-order valence-corrected chi connectivity index (χ2v) is 6.53. The molecule has 21 heavy (non-hydrogen) atoms. The summed E-state index contributed by atoms with van der Waals surface area (Å²) in [5, 5.41) is 8.71. The Kier molecular flexibility index (Phi) is 5.45. The minimum atomic E-state index is -0.759. The number of aliphatic carboxylic acids is 1. The molecule has 0 aromatic carbocycles. The number of carboxylic acids is 1. The number of urea groups is 1. The van der Waals surface area contributed by atoms with Crippen LogP contribution in [0.1, 0.15) is 33.1 Å². The lowest BCUT2D eigenvalue weighted by molar-refractivity contribution is -0.137. The zero-order valence-electron chi connectivity index (χ0n) is 13.1. The molecule has 1 N–H and O–H groups in total. The van der Waals surface area contributed by atoms with Crippen LogP contribution >= 0.6 is 0 Å². The summed E-state index contributed by atoms with van der Waals surface area (Å²) in [6.07, 6.45) is 2.45. The number of hydrogen-bond acceptors (Lipinski definition) is 3. The number of carbonyl (C=O) groups excluding carboxylic acids is 1. The Morgan fingerprint density at radius 2 is 1.81 bits per heavy atom. The van der Waals surface area contributed by atoms with Gasteiger partial charge in [0, 0.05) is 45.3 Å². The van der Waals surface area contributed by atoms with Crippen LogP contribution < -0.4 is 0 Å². The first-order valence-corrected chi connectivity index (χ1v) is 7.97. The van der Waals surface area contributed by atoms with E-state index < -0.39 is 5.97 Å². The lowest BCUT2D eigenvalue weighted by Crippen LogP contribution is -2.54. The molecule has 0 unspecified atom stereocenters. The van der Waals surface area contributed by atoms with E-state index in [1.807, 2.05) is 9.80 Å². The summed E-state index contributed by atoms with van der Waals surface area (Å²) in [7, 11) is 0. The summed E-state index contributed by atoms with van der Waals surface area (Å²) in [6, 6.07) is 0.619. The van der Waals surface area contributed by atoms with Crippen molar-refractivity contribution in [2.45, 2.75) is 39.2 Å². The molecule has 2 rings (SSSR count). The lowest BCUT2D eigenvalue weighted by atomic mass is 10.2. The van der Waals surface area contributed by atoms with Gasteiger partial charge in [-0.05, 0) is 18.8 Å². The molecule has 6 heteroatoms. The summed E-state index contributed by atoms with van der Waals surface area (Å²) < 4.78 is 0. The fourth-order valence-electron chi connectivity index (χ4n) is 2.76. The summed E-state index contributed by atoms with van der Waals surface area (Å²) in [6.45, 7) is 8.68. The fraction of sp³-hybridized carbons (Fsp3) is 0.867. The molecular formula is C15H27N3O3. The minimum absolute atomic E-state index is 0.170. The molecule has 2 fully saturated rings. The van der Waals surface area contributed by atoms with Gasteiger partial charge in [0.05, 0.1) is 6.42 Å². The smallest absolute Gasteiger partial charge is 0.320 e. The van der Waals surface area contributed by atoms with Gasteiger partial charge in [-0.25, -0.2) is 4.79 Å². The molecule has 2 amide bonds. The molecule has 1 heterocycles. The van der Waals surface area contributed by atoms with E-state index in [-0.39, 0.29) is 12.5 Å². The summed E-state index contributed by atoms with van der Waals surface area (Å²) >= 11 is 0. The fourth-order valence-corrected chi connectivity index (χ4v) is 2.76. The quantitative estimate of drug-likeness (QED) is 0.803. The van der Waals surface area contributed by atoms with Gasteiger partial charge in [0.2, 0.25) is 0 Å². The molecule has 0 radical (unpaired) electrons. The maximum absolute atomic E-state index is 12.6. The van der Waals surface area contributed by atoms with Gasteiger partial charge >= 0.3 is 12.0 Å². The monoisotopic (exact) mass is 297 g/mol. The second kappa shape index (κ2) is 7.11. The molecule has 0 aromatic rings. The van der Waals surface area contributed by atoms with Crippen molar-refractivity contribution in [3.63, 3.8) is 0 Å². The first-order valence-electron chi connectivity index (χ1n) is 7.97. The van der Waals surface area contributed by atoms with E-state index in [1.54, 1.807) is 0 Å². The Labute approximate surface area is 126 Å². The molecule has 1 aliphatic heterocycles. The third-order valence-corrected chi connectivity index (χ3v) is 4.08. The third kappa shape index (κ3) is 4.88. The number of carboxylic acid groups (broad SMARTS) is 1. The number of carbonyl (C=O) groups is 2. The average molecular weight is 297 g/mol. The van der Waals surface area contributed by atoms with Crippen molar-refractivity contribution in [1.82, 2.24) is 14.7 Å². The van der Waals surface area contributed by atoms with E-state index in [9.17, 15) is 9.59 Å². The van der Waals surface area contributed by atoms with Crippen molar-refractivity contribution >= 4 is 12.0 Å². The van der Waals surface area contributed by atoms with Crippen molar-refractivity contribution in [3.8, 4) is 0 Å². The Hall–Kier alpha value is -1.30. The number of piperazine rings is 1. The molecule has 0 aromatic heterocycles. The first-order chi connectivity index (χ1) is 9.97. The normalized spacial score (nSPS) is 19.9. The van der Waals surface area contributed by atoms with Gasteiger partial charge in [-0.15, -0.1) is 0 Å². The number of nitrogens with zero attached hydrogens (tertiary/aromatic N) is 3. The van der Waals surface area contributed by atoms with Gasteiger partial charge in [-0.1, -0.05) is 13.8 Å². The molecule has 1 aliphatic carbocycles. The van der Waals surface area contributed by atoms with Crippen molar-refractivity contribution < 1.29 is 14.7 Å². The van der Waals surface area contributed by atoms with Crippen LogP contribution in [0.15, 0.2) is 0 Å². The van der Waals surface area contributed by atoms with E-state index in [1.165, 1.54) is 0 Å². The Morgan fingerprint density at radius 3 is 2.29 bits per heavy atom. The molecule has 1 saturated carbocycles. The predicted octanol–water partition coefficient (Wildman–Crippen LogP) is 1.32. The van der Waals surface area contributed by atoms with Crippen LogP contribution in [-0.2, 0) is 4.79 Å². The van der Waals surface area contributed by atoms with Gasteiger partial charge < -0.3 is 14.9 Å². The van der Waals surface area contributed by atoms with Gasteiger partial charge in [-0.3, -0.25) is 9.69 Å². The van der Waals surface area contributed by atoms with Crippen LogP contribution in [0.5, 0.6) is 0 Å². The van der Waals surface area contributed by atoms with Gasteiger partial charge in [0.15, 0.2) is 0 Å². The number of rotatable bonds is 6. The highest BCUT2D eigenvalue weighted by Gasteiger charge is 2.35. The Morgan fingerprint density at radius 1 is 1.19 bits per heavy atom. The van der Waals surface area contributed by atoms with Crippen LogP contribution in [-0.4, -0.2) is 77.1 Å². The van der Waals surface area contributed by atoms with E-state index >= 15 is 0 Å². The van der Waals surface area contributed by atoms with E-state index in [2.05, 4.69) is 18.7 Å². The molecule has 2 aliphatic rings. The van der Waals surface area contributed by atoms with Crippen LogP contribution in [0.4, 0.5) is 4.79 Å². The Bertz CT molecular complexity index is 374. The van der Waals surface area contributed by atoms with Gasteiger partial charge in [-0.2, -0.15) is 0 Å². The third-order valence-electron chi connectivity index (χ3n) is 4.08. The van der Waals surface area contributed by atoms with Crippen LogP contribution in [0, 0.1) is 5.92 Å². The molecule has 0 atom stereocenters. The van der Waals surface area contributed by atoms with Crippen molar-refractivity contribution in [3.05, 3.63) is 0 Å². The largest absolute Gasteiger partial charge is 0.481 e. The SMILES string of the molecule is CC(C)CN(C(=O)N1CCN(CCC(=O)O)CC1)C1CC1. The molecule has 0 bridgehead atoms. The predicted molar refractivity (Wildman–Crippen MR) is 80.2 cm³/mol. The molecule has 0 spiro atoms. The number of amides is 2. The van der Waals surface area contributed by atoms with Crippen LogP contribution in [0.25, 0.3) is 0 Å². The zero-order chi connectivity index (χ0) is 15.4. The highest BCUT2D eigenvalue weighted by Crippen LogP contribution is 2.28. The van der Waals surface area contributed by atoms with Gasteiger partial charge in [0.25, 0.3) is 0 Å². The molecule has 120 valence electrons. The van der Waals surface area contributed by atoms with E-state index in [4.69, 9.17) is 5.11 Å². The molecule has 6 nitrogen and oxygen atoms in total. The topological polar surface area (TPSA) is 64.1 Å². The maximum atomic E-state index is 12.6. The van der Waals surface area contributed by atoms with Crippen molar-refractivity contribution in [2.75, 3.05) is 39.3 Å². The zero-order valence-corrected chi connectivity index (χ0v) is 13.1. The highest BCUT2D eigenvalue weighted by atomic mass is 16.4. The van der Waals surface area contributed by atoms with Crippen LogP contribution in [0.2, 0.25) is 0 Å². The maximum Gasteiger partial charge on any atom is 0.320 e. The van der Waals surface area contributed by atoms with Crippen LogP contribution in [0.3, 0.4) is 0 Å². The first kappa shape index (κ1) is 16.1. The van der Waals surface area contributed by atoms with Crippen molar-refractivity contribution in [1.29, 1.82) is 0 Å². The summed E-state index contributed by atoms with van der Waals surface area (Å²) in [5.41, 5.74) is 0. The Balaban J connectivity index is 1.80. The van der Waals surface area contributed by atoms with Crippen molar-refractivity contribution in [2.24, 2.45) is 5.92 Å². The van der Waals surface area contributed by atoms with E-state index in [0.717, 1.165) is 32.5 Å². The minimum Gasteiger partial charge on any atom is -0.481 e.